The molecule has 6 rings (SSSR count). The first-order valence-electron chi connectivity index (χ1n) is 22.7. The number of hydrogen-bond donors (Lipinski definition) is 7. The first kappa shape index (κ1) is 47.4. The van der Waals surface area contributed by atoms with Crippen molar-refractivity contribution in [3.05, 3.63) is 106 Å². The van der Waals surface area contributed by atoms with Crippen LogP contribution in [0.15, 0.2) is 95.2 Å². The number of aliphatic hydroxyl groups excluding tert-OH is 4. The van der Waals surface area contributed by atoms with E-state index in [0.717, 1.165) is 47.8 Å². The Bertz CT molecular complexity index is 1890. The van der Waals surface area contributed by atoms with Crippen molar-refractivity contribution < 1.29 is 39.8 Å². The average Bonchev–Trinajstić information content (AvgIpc) is 3.44. The monoisotopic (exact) mass is 843 g/mol. The smallest absolute Gasteiger partial charge is 0.145 e. The summed E-state index contributed by atoms with van der Waals surface area (Å²) in [6.07, 6.45) is 18.4. The molecule has 3 saturated carbocycles. The molecule has 1 aromatic rings. The van der Waals surface area contributed by atoms with E-state index in [-0.39, 0.29) is 49.7 Å². The lowest BCUT2D eigenvalue weighted by Gasteiger charge is -2.71. The minimum absolute atomic E-state index is 0.0382. The molecule has 3 fully saturated rings. The van der Waals surface area contributed by atoms with Crippen molar-refractivity contribution in [2.24, 2.45) is 34.0 Å². The zero-order valence-electron chi connectivity index (χ0n) is 37.4. The van der Waals surface area contributed by atoms with Crippen molar-refractivity contribution in [1.82, 2.24) is 10.6 Å². The lowest BCUT2D eigenvalue weighted by molar-refractivity contribution is -0.256. The first-order valence-corrected chi connectivity index (χ1v) is 22.7. The number of carbonyl (C=O) groups excluding carboxylic acids is 1. The highest BCUT2D eigenvalue weighted by Gasteiger charge is 2.79. The molecule has 0 radical (unpaired) electrons. The molecule has 1 aromatic carbocycles. The van der Waals surface area contributed by atoms with E-state index in [0.29, 0.717) is 70.1 Å². The van der Waals surface area contributed by atoms with Crippen molar-refractivity contribution in [2.45, 2.75) is 115 Å². The molecule has 0 aromatic heterocycles. The molecule has 0 saturated heterocycles. The molecular formula is C51H74N2O8. The van der Waals surface area contributed by atoms with Crippen LogP contribution in [0.5, 0.6) is 0 Å². The third kappa shape index (κ3) is 8.79. The predicted octanol–water partition coefficient (Wildman–Crippen LogP) is 5.84. The molecule has 7 N–H and O–H groups in total. The fourth-order valence-corrected chi connectivity index (χ4v) is 12.9. The minimum Gasteiger partial charge on any atom is -0.396 e. The summed E-state index contributed by atoms with van der Waals surface area (Å²) in [4.78, 5) is 12.7. The summed E-state index contributed by atoms with van der Waals surface area (Å²) in [5.74, 6) is -0.245. The number of hydrogen-bond acceptors (Lipinski definition) is 10. The van der Waals surface area contributed by atoms with Crippen molar-refractivity contribution in [2.75, 3.05) is 53.7 Å². The van der Waals surface area contributed by atoms with Crippen LogP contribution < -0.4 is 10.6 Å². The third-order valence-electron chi connectivity index (χ3n) is 15.8. The molecule has 10 nitrogen and oxygen atoms in total. The van der Waals surface area contributed by atoms with E-state index in [4.69, 9.17) is 9.47 Å². The molecule has 0 unspecified atom stereocenters. The van der Waals surface area contributed by atoms with Crippen LogP contribution in [0.4, 0.5) is 0 Å². The second kappa shape index (κ2) is 19.8. The minimum atomic E-state index is -1.25. The standard InChI is InChI=1S/C51H74N2O8/c1-35(40-14-13-36(2)45(57)53-47(4,23-27-60-6)31-39-11-8-10-38(29-39)30-40)9-7-12-43(34-61-28-26-55)48-18-20-50-42(17-25-54)16-15-41(44(50)37(3)33-56)32-49(59,22-24-52-5)51(50,21-19-48)46(48)58/h7-13,15-16,29,33,40-42,45-46,52-55,57-59H,1,14,17-28,30-32,34H2,2-6H3/b9-7+,36-13+,43-12-,44-37?/t40-,41-,42+,45+,46+,47-,48-,49+,50-,51+/m0/s1. The first-order chi connectivity index (χ1) is 29.2. The molecule has 10 atom stereocenters. The Balaban J connectivity index is 1.37. The molecule has 61 heavy (non-hydrogen) atoms. The summed E-state index contributed by atoms with van der Waals surface area (Å²) in [5, 5.41) is 64.8. The highest BCUT2D eigenvalue weighted by atomic mass is 16.5. The summed E-state index contributed by atoms with van der Waals surface area (Å²) < 4.78 is 11.5. The molecule has 1 heterocycles. The number of carbonyl (C=O) groups is 1. The Hall–Kier alpha value is -3.03. The quantitative estimate of drug-likeness (QED) is 0.0334. The maximum absolute atomic E-state index is 13.3. The maximum Gasteiger partial charge on any atom is 0.145 e. The summed E-state index contributed by atoms with van der Waals surface area (Å²) in [6.45, 7) is 11.9. The highest BCUT2D eigenvalue weighted by molar-refractivity contribution is 5.75. The molecule has 1 aliphatic heterocycles. The lowest BCUT2D eigenvalue weighted by atomic mass is 9.34. The van der Waals surface area contributed by atoms with E-state index in [2.05, 4.69) is 78.8 Å². The van der Waals surface area contributed by atoms with Crippen molar-refractivity contribution in [1.29, 1.82) is 0 Å². The number of fused-ring (bicyclic) bond motifs is 4. The Labute approximate surface area is 364 Å². The van der Waals surface area contributed by atoms with Crippen LogP contribution in [0, 0.1) is 34.0 Å². The Morgan fingerprint density at radius 1 is 1.07 bits per heavy atom. The average molecular weight is 843 g/mol. The number of aldehydes is 1. The van der Waals surface area contributed by atoms with E-state index < -0.39 is 34.2 Å². The fourth-order valence-electron chi connectivity index (χ4n) is 12.9. The Kier molecular flexibility index (Phi) is 15.4. The number of benzene rings is 1. The van der Waals surface area contributed by atoms with Gasteiger partial charge >= 0.3 is 0 Å². The van der Waals surface area contributed by atoms with Gasteiger partial charge in [0.2, 0.25) is 0 Å². The van der Waals surface area contributed by atoms with Gasteiger partial charge in [-0.15, -0.1) is 0 Å². The van der Waals surface area contributed by atoms with E-state index >= 15 is 0 Å². The van der Waals surface area contributed by atoms with Gasteiger partial charge in [0.05, 0.1) is 31.5 Å². The van der Waals surface area contributed by atoms with E-state index in [1.807, 2.05) is 27.0 Å². The van der Waals surface area contributed by atoms with E-state index in [9.17, 15) is 30.3 Å². The summed E-state index contributed by atoms with van der Waals surface area (Å²) >= 11 is 0. The number of ether oxygens (including phenoxy) is 2. The van der Waals surface area contributed by atoms with Crippen LogP contribution in [0.25, 0.3) is 0 Å². The van der Waals surface area contributed by atoms with Crippen LogP contribution in [-0.4, -0.2) is 109 Å². The van der Waals surface area contributed by atoms with Gasteiger partial charge in [-0.3, -0.25) is 10.1 Å². The second-order valence-electron chi connectivity index (χ2n) is 19.2. The SMILES string of the molecule is C=C(/C=C/C=C(/COCCO)[C@]12CC[C@@]3([C@@H]1O)[C@@](O)(CCNC)C[C@@H]1C=C[C@H](CCO)[C@@]3(CC2)C1=C(C)C=O)[C@H]1C/C=C(\C)[C@@H](O)N[C@@](C)(CCOC)Cc2cccc(c2)C1. The van der Waals surface area contributed by atoms with Crippen molar-refractivity contribution >= 4 is 6.29 Å². The zero-order valence-corrected chi connectivity index (χ0v) is 37.4. The summed E-state index contributed by atoms with van der Waals surface area (Å²) in [7, 11) is 3.58. The van der Waals surface area contributed by atoms with Crippen LogP contribution in [0.3, 0.4) is 0 Å². The number of rotatable bonds is 17. The lowest BCUT2D eigenvalue weighted by Crippen LogP contribution is -2.73. The molecule has 0 amide bonds. The van der Waals surface area contributed by atoms with E-state index in [1.165, 1.54) is 11.1 Å². The molecule has 5 aliphatic rings. The van der Waals surface area contributed by atoms with Gasteiger partial charge in [0.15, 0.2) is 0 Å². The van der Waals surface area contributed by atoms with Gasteiger partial charge in [-0.05, 0) is 150 Å². The summed E-state index contributed by atoms with van der Waals surface area (Å²) in [5.41, 5.74) is 2.76. The van der Waals surface area contributed by atoms with Gasteiger partial charge in [-0.1, -0.05) is 72.9 Å². The molecular weight excluding hydrogens is 769 g/mol. The number of allylic oxidation sites excluding steroid dienone is 9. The Morgan fingerprint density at radius 2 is 1.84 bits per heavy atom. The van der Waals surface area contributed by atoms with Gasteiger partial charge in [0.25, 0.3) is 0 Å². The normalized spacial score (nSPS) is 38.0. The van der Waals surface area contributed by atoms with E-state index in [1.54, 1.807) is 7.11 Å². The second-order valence-corrected chi connectivity index (χ2v) is 19.2. The predicted molar refractivity (Wildman–Crippen MR) is 240 cm³/mol. The highest BCUT2D eigenvalue weighted by Crippen LogP contribution is 2.80. The topological polar surface area (TPSA) is 161 Å². The van der Waals surface area contributed by atoms with Crippen molar-refractivity contribution in [3.8, 4) is 0 Å². The van der Waals surface area contributed by atoms with Crippen LogP contribution >= 0.6 is 0 Å². The molecule has 4 aliphatic carbocycles. The van der Waals surface area contributed by atoms with Gasteiger partial charge in [-0.25, -0.2) is 0 Å². The maximum atomic E-state index is 13.3. The van der Waals surface area contributed by atoms with Gasteiger partial charge in [-0.2, -0.15) is 0 Å². The van der Waals surface area contributed by atoms with Crippen LogP contribution in [-0.2, 0) is 27.1 Å². The number of aliphatic hydroxyl groups is 5. The Morgan fingerprint density at radius 3 is 2.56 bits per heavy atom. The van der Waals surface area contributed by atoms with Gasteiger partial charge in [0.1, 0.15) is 12.5 Å². The fraction of sp³-hybridized carbons (Fsp3) is 0.627. The van der Waals surface area contributed by atoms with Crippen molar-refractivity contribution in [3.63, 3.8) is 0 Å². The van der Waals surface area contributed by atoms with Gasteiger partial charge < -0.3 is 40.3 Å². The van der Waals surface area contributed by atoms with Crippen LogP contribution in [0.1, 0.15) is 89.7 Å². The summed E-state index contributed by atoms with van der Waals surface area (Å²) in [6, 6.07) is 8.68. The molecule has 10 heteroatoms. The molecule has 6 bridgehead atoms. The number of nitrogens with one attached hydrogen (secondary N) is 2. The molecule has 336 valence electrons. The zero-order chi connectivity index (χ0) is 44.1. The third-order valence-corrected chi connectivity index (χ3v) is 15.8. The largest absolute Gasteiger partial charge is 0.396 e. The number of methoxy groups -OCH3 is 1. The van der Waals surface area contributed by atoms with Crippen LogP contribution in [0.2, 0.25) is 0 Å². The molecule has 2 spiro atoms. The van der Waals surface area contributed by atoms with Gasteiger partial charge in [0, 0.05) is 48.0 Å².